The third-order valence-electron chi connectivity index (χ3n) is 5.24. The molecule has 7 heteroatoms. The predicted molar refractivity (Wildman–Crippen MR) is 108 cm³/mol. The Bertz CT molecular complexity index is 875. The van der Waals surface area contributed by atoms with Gasteiger partial charge in [-0.05, 0) is 37.5 Å². The lowest BCUT2D eigenvalue weighted by atomic mass is 9.84. The average Bonchev–Trinajstić information content (AvgIpc) is 2.61. The van der Waals surface area contributed by atoms with E-state index in [-0.39, 0.29) is 23.9 Å². The zero-order valence-electron chi connectivity index (χ0n) is 16.3. The summed E-state index contributed by atoms with van der Waals surface area (Å²) in [5, 5.41) is 0.662. The molecule has 28 heavy (non-hydrogen) atoms. The minimum atomic E-state index is -0.166. The van der Waals surface area contributed by atoms with Crippen LogP contribution in [0.4, 0.5) is 0 Å². The summed E-state index contributed by atoms with van der Waals surface area (Å²) >= 11 is 5.92. The Morgan fingerprint density at radius 2 is 2.04 bits per heavy atom. The van der Waals surface area contributed by atoms with Gasteiger partial charge in [0.1, 0.15) is 5.82 Å². The monoisotopic (exact) mass is 403 g/mol. The number of carbonyl (C=O) groups is 1. The molecule has 1 aliphatic rings. The lowest BCUT2D eigenvalue weighted by molar-refractivity contribution is -0.139. The van der Waals surface area contributed by atoms with E-state index < -0.39 is 0 Å². The highest BCUT2D eigenvalue weighted by Crippen LogP contribution is 2.28. The van der Waals surface area contributed by atoms with Crippen LogP contribution in [0.15, 0.2) is 29.1 Å². The third kappa shape index (κ3) is 5.00. The first-order valence-electron chi connectivity index (χ1n) is 9.58. The van der Waals surface area contributed by atoms with Gasteiger partial charge in [0, 0.05) is 42.3 Å². The van der Waals surface area contributed by atoms with E-state index in [0.717, 1.165) is 24.8 Å². The molecule has 1 saturated carbocycles. The van der Waals surface area contributed by atoms with Crippen molar-refractivity contribution in [3.8, 4) is 0 Å². The smallest absolute Gasteiger partial charge is 0.254 e. The molecule has 0 atom stereocenters. The number of nitrogens with one attached hydrogen (secondary N) is 1. The Morgan fingerprint density at radius 3 is 2.61 bits per heavy atom. The highest BCUT2D eigenvalue weighted by atomic mass is 35.5. The number of aromatic nitrogens is 2. The van der Waals surface area contributed by atoms with Gasteiger partial charge in [0.25, 0.3) is 5.56 Å². The number of amides is 1. The SMILES string of the molecule is COCCN(Cc1nc(C)c(Cc2ccc(Cl)cc2)c(=O)[nH]1)C(=O)C1CCC1. The van der Waals surface area contributed by atoms with Crippen LogP contribution in [0.2, 0.25) is 5.02 Å². The normalized spacial score (nSPS) is 14.0. The molecule has 6 nitrogen and oxygen atoms in total. The summed E-state index contributed by atoms with van der Waals surface area (Å²) in [5.41, 5.74) is 2.13. The van der Waals surface area contributed by atoms with Gasteiger partial charge in [0.05, 0.1) is 13.2 Å². The number of nitrogens with zero attached hydrogens (tertiary/aromatic N) is 2. The molecule has 0 radical (unpaired) electrons. The fourth-order valence-corrected chi connectivity index (χ4v) is 3.45. The number of aromatic amines is 1. The highest BCUT2D eigenvalue weighted by Gasteiger charge is 2.29. The zero-order valence-corrected chi connectivity index (χ0v) is 17.1. The van der Waals surface area contributed by atoms with Gasteiger partial charge in [-0.15, -0.1) is 0 Å². The van der Waals surface area contributed by atoms with Crippen molar-refractivity contribution in [2.24, 2.45) is 5.92 Å². The molecule has 3 rings (SSSR count). The number of hydrogen-bond acceptors (Lipinski definition) is 4. The van der Waals surface area contributed by atoms with E-state index in [2.05, 4.69) is 9.97 Å². The second-order valence-corrected chi connectivity index (χ2v) is 7.70. The van der Waals surface area contributed by atoms with Crippen molar-refractivity contribution in [1.82, 2.24) is 14.9 Å². The van der Waals surface area contributed by atoms with Crippen molar-refractivity contribution in [3.05, 3.63) is 62.3 Å². The van der Waals surface area contributed by atoms with Gasteiger partial charge in [-0.25, -0.2) is 4.98 Å². The highest BCUT2D eigenvalue weighted by molar-refractivity contribution is 6.30. The summed E-state index contributed by atoms with van der Waals surface area (Å²) < 4.78 is 5.14. The number of ether oxygens (including phenoxy) is 1. The van der Waals surface area contributed by atoms with Crippen LogP contribution < -0.4 is 5.56 Å². The van der Waals surface area contributed by atoms with Crippen LogP contribution in [0, 0.1) is 12.8 Å². The Hall–Kier alpha value is -2.18. The van der Waals surface area contributed by atoms with Crippen molar-refractivity contribution in [1.29, 1.82) is 0 Å². The van der Waals surface area contributed by atoms with Crippen molar-refractivity contribution >= 4 is 17.5 Å². The fraction of sp³-hybridized carbons (Fsp3) is 0.476. The molecule has 1 fully saturated rings. The van der Waals surface area contributed by atoms with Crippen LogP contribution in [-0.2, 0) is 22.5 Å². The second-order valence-electron chi connectivity index (χ2n) is 7.26. The molecular formula is C21H26ClN3O3. The maximum atomic E-state index is 12.7. The van der Waals surface area contributed by atoms with Crippen molar-refractivity contribution < 1.29 is 9.53 Å². The molecule has 0 aliphatic heterocycles. The molecule has 0 unspecified atom stereocenters. The van der Waals surface area contributed by atoms with Gasteiger partial charge in [-0.2, -0.15) is 0 Å². The van der Waals surface area contributed by atoms with Gasteiger partial charge in [-0.3, -0.25) is 9.59 Å². The first-order chi connectivity index (χ1) is 13.5. The second kappa shape index (κ2) is 9.34. The molecule has 1 aromatic carbocycles. The van der Waals surface area contributed by atoms with E-state index in [4.69, 9.17) is 16.3 Å². The van der Waals surface area contributed by atoms with E-state index in [1.54, 1.807) is 12.0 Å². The molecular weight excluding hydrogens is 378 g/mol. The van der Waals surface area contributed by atoms with Gasteiger partial charge >= 0.3 is 0 Å². The number of hydrogen-bond donors (Lipinski definition) is 1. The summed E-state index contributed by atoms with van der Waals surface area (Å²) in [6.07, 6.45) is 3.46. The van der Waals surface area contributed by atoms with Crippen LogP contribution in [0.3, 0.4) is 0 Å². The quantitative estimate of drug-likeness (QED) is 0.734. The molecule has 0 spiro atoms. The number of benzene rings is 1. The number of methoxy groups -OCH3 is 1. The maximum absolute atomic E-state index is 12.7. The number of halogens is 1. The number of rotatable bonds is 8. The number of H-pyrrole nitrogens is 1. The first-order valence-corrected chi connectivity index (χ1v) is 9.96. The van der Waals surface area contributed by atoms with Gasteiger partial charge < -0.3 is 14.6 Å². The minimum Gasteiger partial charge on any atom is -0.383 e. The molecule has 0 bridgehead atoms. The van der Waals surface area contributed by atoms with Crippen LogP contribution in [0.1, 0.15) is 41.9 Å². The predicted octanol–water partition coefficient (Wildman–Crippen LogP) is 3.10. The zero-order chi connectivity index (χ0) is 20.1. The van der Waals surface area contributed by atoms with Crippen LogP contribution in [0.5, 0.6) is 0 Å². The average molecular weight is 404 g/mol. The van der Waals surface area contributed by atoms with E-state index in [0.29, 0.717) is 41.7 Å². The Balaban J connectivity index is 1.76. The Morgan fingerprint density at radius 1 is 1.32 bits per heavy atom. The minimum absolute atomic E-state index is 0.0915. The van der Waals surface area contributed by atoms with Crippen molar-refractivity contribution in [3.63, 3.8) is 0 Å². The topological polar surface area (TPSA) is 75.3 Å². The maximum Gasteiger partial charge on any atom is 0.254 e. The van der Waals surface area contributed by atoms with Gasteiger partial charge in [0.15, 0.2) is 0 Å². The lowest BCUT2D eigenvalue weighted by Crippen LogP contribution is -2.41. The molecule has 1 heterocycles. The number of carbonyl (C=O) groups excluding carboxylic acids is 1. The molecule has 150 valence electrons. The van der Waals surface area contributed by atoms with Gasteiger partial charge in [-0.1, -0.05) is 30.2 Å². The van der Waals surface area contributed by atoms with Crippen LogP contribution in [-0.4, -0.2) is 41.0 Å². The van der Waals surface area contributed by atoms with Crippen molar-refractivity contribution in [2.75, 3.05) is 20.3 Å². The van der Waals surface area contributed by atoms with Crippen LogP contribution in [0.25, 0.3) is 0 Å². The Labute approximate surface area is 169 Å². The molecule has 1 aromatic heterocycles. The van der Waals surface area contributed by atoms with E-state index in [1.165, 1.54) is 0 Å². The lowest BCUT2D eigenvalue weighted by Gasteiger charge is -2.31. The largest absolute Gasteiger partial charge is 0.383 e. The summed E-state index contributed by atoms with van der Waals surface area (Å²) in [7, 11) is 1.61. The van der Waals surface area contributed by atoms with Crippen molar-refractivity contribution in [2.45, 2.75) is 39.2 Å². The summed E-state index contributed by atoms with van der Waals surface area (Å²) in [5.74, 6) is 0.717. The van der Waals surface area contributed by atoms with Crippen LogP contribution >= 0.6 is 11.6 Å². The molecule has 1 amide bonds. The van der Waals surface area contributed by atoms with E-state index in [1.807, 2.05) is 31.2 Å². The Kier molecular flexibility index (Phi) is 6.86. The summed E-state index contributed by atoms with van der Waals surface area (Å²) in [4.78, 5) is 34.5. The summed E-state index contributed by atoms with van der Waals surface area (Å²) in [6.45, 7) is 3.06. The number of aryl methyl sites for hydroxylation is 1. The van der Waals surface area contributed by atoms with E-state index >= 15 is 0 Å². The standard InChI is InChI=1S/C21H26ClN3O3/c1-14-18(12-15-6-8-17(22)9-7-15)20(26)24-19(23-14)13-25(10-11-28-2)21(27)16-4-3-5-16/h6-9,16H,3-5,10-13H2,1-2H3,(H,23,24,26). The third-order valence-corrected chi connectivity index (χ3v) is 5.49. The molecule has 1 aliphatic carbocycles. The van der Waals surface area contributed by atoms with Gasteiger partial charge in [0.2, 0.25) is 5.91 Å². The molecule has 0 saturated heterocycles. The summed E-state index contributed by atoms with van der Waals surface area (Å²) in [6, 6.07) is 7.42. The van der Waals surface area contributed by atoms with E-state index in [9.17, 15) is 9.59 Å². The first kappa shape index (κ1) is 20.6. The molecule has 1 N–H and O–H groups in total. The fourth-order valence-electron chi connectivity index (χ4n) is 3.32. The molecule has 2 aromatic rings.